The smallest absolute Gasteiger partial charge is 0.335 e. The van der Waals surface area contributed by atoms with Gasteiger partial charge in [-0.2, -0.15) is 0 Å². The molecule has 1 saturated heterocycles. The fraction of sp³-hybridized carbons (Fsp3) is 0.235. The lowest BCUT2D eigenvalue weighted by atomic mass is 10.2. The van der Waals surface area contributed by atoms with Gasteiger partial charge in [0.2, 0.25) is 0 Å². The van der Waals surface area contributed by atoms with Gasteiger partial charge in [-0.3, -0.25) is 4.31 Å². The average Bonchev–Trinajstić information content (AvgIpc) is 2.87. The Morgan fingerprint density at radius 3 is 2.38 bits per heavy atom. The first-order valence-corrected chi connectivity index (χ1v) is 11.8. The van der Waals surface area contributed by atoms with Gasteiger partial charge in [0, 0.05) is 6.07 Å². The van der Waals surface area contributed by atoms with Crippen LogP contribution in [0.5, 0.6) is 5.75 Å². The maximum Gasteiger partial charge on any atom is 0.335 e. The molecule has 3 N–H and O–H groups in total. The summed E-state index contributed by atoms with van der Waals surface area (Å²) >= 11 is 6.02. The van der Waals surface area contributed by atoms with Crippen LogP contribution < -0.4 is 4.31 Å². The van der Waals surface area contributed by atoms with E-state index in [0.717, 1.165) is 24.3 Å². The van der Waals surface area contributed by atoms with Gasteiger partial charge in [0.15, 0.2) is 9.84 Å². The number of phenolic OH excluding ortho intramolecular Hbond substituents is 1. The van der Waals surface area contributed by atoms with Gasteiger partial charge >= 0.3 is 5.97 Å². The lowest BCUT2D eigenvalue weighted by molar-refractivity contribution is 0.0696. The Balaban J connectivity index is 2.24. The number of sulfone groups is 1. The third kappa shape index (κ3) is 4.17. The number of aromatic carboxylic acids is 1. The zero-order valence-corrected chi connectivity index (χ0v) is 17.0. The maximum atomic E-state index is 13.4. The standard InChI is InChI=1S/C17H16ClNO8S2/c18-13-5-4-10(17(22)23)6-16(13)29(26,27)19(11-2-1-3-12(20)7-11)14-8-28(24,25)9-15(14)21/h1-7,14-15,20-21H,8-9H2,(H,22,23)/t14-,15+/m0/s1. The molecule has 1 fully saturated rings. The van der Waals surface area contributed by atoms with Crippen LogP contribution in [0.4, 0.5) is 5.69 Å². The summed E-state index contributed by atoms with van der Waals surface area (Å²) in [5, 5.41) is 28.9. The van der Waals surface area contributed by atoms with E-state index in [4.69, 9.17) is 11.6 Å². The van der Waals surface area contributed by atoms with Gasteiger partial charge < -0.3 is 15.3 Å². The molecule has 0 saturated carbocycles. The van der Waals surface area contributed by atoms with Crippen LogP contribution >= 0.6 is 11.6 Å². The van der Waals surface area contributed by atoms with Gasteiger partial charge in [-0.1, -0.05) is 17.7 Å². The lowest BCUT2D eigenvalue weighted by Crippen LogP contribution is -2.47. The number of benzene rings is 2. The van der Waals surface area contributed by atoms with Gasteiger partial charge in [-0.25, -0.2) is 21.6 Å². The van der Waals surface area contributed by atoms with Crippen LogP contribution in [0, 0.1) is 0 Å². The third-order valence-electron chi connectivity index (χ3n) is 4.39. The Kier molecular flexibility index (Phi) is 5.52. The second-order valence-electron chi connectivity index (χ2n) is 6.48. The number of aliphatic hydroxyl groups is 1. The van der Waals surface area contributed by atoms with Crippen LogP contribution in [0.25, 0.3) is 0 Å². The first kappa shape index (κ1) is 21.4. The number of hydrogen-bond acceptors (Lipinski definition) is 7. The van der Waals surface area contributed by atoms with Crippen LogP contribution in [0.3, 0.4) is 0 Å². The minimum atomic E-state index is -4.62. The minimum Gasteiger partial charge on any atom is -0.508 e. The molecule has 0 bridgehead atoms. The van der Waals surface area contributed by atoms with Crippen molar-refractivity contribution in [3.05, 3.63) is 53.1 Å². The largest absolute Gasteiger partial charge is 0.508 e. The number of anilines is 1. The van der Waals surface area contributed by atoms with Gasteiger partial charge in [0.05, 0.1) is 39.9 Å². The maximum absolute atomic E-state index is 13.4. The van der Waals surface area contributed by atoms with Crippen molar-refractivity contribution in [2.45, 2.75) is 17.0 Å². The van der Waals surface area contributed by atoms with Crippen molar-refractivity contribution in [2.75, 3.05) is 15.8 Å². The summed E-state index contributed by atoms with van der Waals surface area (Å²) in [4.78, 5) is 10.7. The normalized spacial score (nSPS) is 21.0. The fourth-order valence-electron chi connectivity index (χ4n) is 3.11. The predicted octanol–water partition coefficient (Wildman–Crippen LogP) is 1.10. The molecule has 0 amide bonds. The Bertz CT molecular complexity index is 1180. The van der Waals surface area contributed by atoms with Gasteiger partial charge in [0.1, 0.15) is 10.6 Å². The van der Waals surface area contributed by atoms with Crippen molar-refractivity contribution in [3.63, 3.8) is 0 Å². The molecule has 9 nitrogen and oxygen atoms in total. The van der Waals surface area contributed by atoms with Crippen LogP contribution in [0.1, 0.15) is 10.4 Å². The summed E-state index contributed by atoms with van der Waals surface area (Å²) in [6.45, 7) is 0. The molecule has 156 valence electrons. The second kappa shape index (κ2) is 7.48. The molecular formula is C17H16ClNO8S2. The molecule has 2 aromatic carbocycles. The van der Waals surface area contributed by atoms with Crippen LogP contribution in [-0.4, -0.2) is 61.8 Å². The number of hydrogen-bond donors (Lipinski definition) is 3. The van der Waals surface area contributed by atoms with E-state index < -0.39 is 54.4 Å². The number of sulfonamides is 1. The highest BCUT2D eigenvalue weighted by atomic mass is 35.5. The van der Waals surface area contributed by atoms with Gasteiger partial charge in [-0.05, 0) is 30.3 Å². The summed E-state index contributed by atoms with van der Waals surface area (Å²) in [6, 6.07) is 6.71. The Hall–Kier alpha value is -2.34. The molecule has 1 aliphatic rings. The molecule has 3 rings (SSSR count). The quantitative estimate of drug-likeness (QED) is 0.599. The zero-order valence-electron chi connectivity index (χ0n) is 14.6. The number of rotatable bonds is 5. The number of aliphatic hydroxyl groups excluding tert-OH is 1. The van der Waals surface area contributed by atoms with Crippen molar-refractivity contribution >= 4 is 43.1 Å². The first-order chi connectivity index (χ1) is 13.4. The molecule has 2 aromatic rings. The third-order valence-corrected chi connectivity index (χ3v) is 8.43. The summed E-state index contributed by atoms with van der Waals surface area (Å²) in [7, 11) is -8.35. The molecular weight excluding hydrogens is 446 g/mol. The summed E-state index contributed by atoms with van der Waals surface area (Å²) in [5.74, 6) is -2.96. The molecule has 0 aliphatic carbocycles. The molecule has 0 unspecified atom stereocenters. The average molecular weight is 462 g/mol. The molecule has 2 atom stereocenters. The minimum absolute atomic E-state index is 0.108. The molecule has 0 spiro atoms. The van der Waals surface area contributed by atoms with E-state index in [1.807, 2.05) is 0 Å². The Labute approximate surface area is 171 Å². The summed E-state index contributed by atoms with van der Waals surface area (Å²) in [5.41, 5.74) is -0.452. The Morgan fingerprint density at radius 2 is 1.83 bits per heavy atom. The van der Waals surface area contributed by atoms with Gasteiger partial charge in [0.25, 0.3) is 10.0 Å². The highest BCUT2D eigenvalue weighted by Crippen LogP contribution is 2.35. The summed E-state index contributed by atoms with van der Waals surface area (Å²) in [6.07, 6.45) is -1.53. The number of nitrogens with zero attached hydrogens (tertiary/aromatic N) is 1. The number of carbonyl (C=O) groups is 1. The van der Waals surface area contributed by atoms with Crippen molar-refractivity contribution in [1.29, 1.82) is 0 Å². The van der Waals surface area contributed by atoms with E-state index in [1.165, 1.54) is 18.2 Å². The van der Waals surface area contributed by atoms with Gasteiger partial charge in [-0.15, -0.1) is 0 Å². The van der Waals surface area contributed by atoms with E-state index >= 15 is 0 Å². The van der Waals surface area contributed by atoms with E-state index in [1.54, 1.807) is 0 Å². The van der Waals surface area contributed by atoms with Crippen molar-refractivity contribution < 1.29 is 36.9 Å². The topological polar surface area (TPSA) is 149 Å². The fourth-order valence-corrected chi connectivity index (χ4v) is 7.15. The van der Waals surface area contributed by atoms with Crippen LogP contribution in [0.15, 0.2) is 47.4 Å². The van der Waals surface area contributed by atoms with Crippen LogP contribution in [0.2, 0.25) is 5.02 Å². The SMILES string of the molecule is O=C(O)c1ccc(Cl)c(S(=O)(=O)N(c2cccc(O)c2)[C@H]2CS(=O)(=O)C[C@H]2O)c1. The first-order valence-electron chi connectivity index (χ1n) is 8.17. The van der Waals surface area contributed by atoms with E-state index in [-0.39, 0.29) is 22.0 Å². The Morgan fingerprint density at radius 1 is 1.14 bits per heavy atom. The van der Waals surface area contributed by atoms with E-state index in [2.05, 4.69) is 0 Å². The number of aromatic hydroxyl groups is 1. The molecule has 0 radical (unpaired) electrons. The zero-order chi connectivity index (χ0) is 21.6. The van der Waals surface area contributed by atoms with Crippen molar-refractivity contribution in [1.82, 2.24) is 0 Å². The number of halogens is 1. The number of carboxylic acid groups (broad SMARTS) is 1. The van der Waals surface area contributed by atoms with Crippen molar-refractivity contribution in [2.24, 2.45) is 0 Å². The van der Waals surface area contributed by atoms with Crippen molar-refractivity contribution in [3.8, 4) is 5.75 Å². The van der Waals surface area contributed by atoms with E-state index in [0.29, 0.717) is 4.31 Å². The molecule has 1 heterocycles. The number of carboxylic acids is 1. The lowest BCUT2D eigenvalue weighted by Gasteiger charge is -2.31. The highest BCUT2D eigenvalue weighted by Gasteiger charge is 2.45. The molecule has 12 heteroatoms. The molecule has 0 aromatic heterocycles. The van der Waals surface area contributed by atoms with Crippen LogP contribution in [-0.2, 0) is 19.9 Å². The molecule has 29 heavy (non-hydrogen) atoms. The monoisotopic (exact) mass is 461 g/mol. The van der Waals surface area contributed by atoms with E-state index in [9.17, 15) is 36.9 Å². The highest BCUT2D eigenvalue weighted by molar-refractivity contribution is 7.93. The second-order valence-corrected chi connectivity index (χ2v) is 10.8. The predicted molar refractivity (Wildman–Crippen MR) is 105 cm³/mol. The molecule has 1 aliphatic heterocycles. The summed E-state index contributed by atoms with van der Waals surface area (Å²) < 4.78 is 51.5. The number of phenols is 1.